The average molecular weight is 452 g/mol. The highest BCUT2D eigenvalue weighted by molar-refractivity contribution is 5.88. The predicted octanol–water partition coefficient (Wildman–Crippen LogP) is 4.04. The van der Waals surface area contributed by atoms with Gasteiger partial charge in [0.25, 0.3) is 0 Å². The molecule has 1 atom stereocenters. The number of pyridine rings is 1. The normalized spacial score (nSPS) is 12.2. The maximum Gasteiger partial charge on any atom is 0.428 e. The number of nitrogens with one attached hydrogen (secondary N) is 1. The van der Waals surface area contributed by atoms with Crippen LogP contribution in [0.15, 0.2) is 77.6 Å². The second-order valence-corrected chi connectivity index (χ2v) is 8.69. The van der Waals surface area contributed by atoms with Crippen molar-refractivity contribution >= 4 is 11.6 Å². The lowest BCUT2D eigenvalue weighted by Crippen LogP contribution is -2.45. The molecule has 0 aliphatic rings. The van der Waals surface area contributed by atoms with Crippen molar-refractivity contribution in [1.29, 1.82) is 0 Å². The molecule has 0 saturated carbocycles. The summed E-state index contributed by atoms with van der Waals surface area (Å²) in [7, 11) is 0. The van der Waals surface area contributed by atoms with Gasteiger partial charge in [0.2, 0.25) is 5.65 Å². The van der Waals surface area contributed by atoms with Crippen molar-refractivity contribution in [3.8, 4) is 22.4 Å². The number of anilines is 1. The molecule has 0 amide bonds. The van der Waals surface area contributed by atoms with Gasteiger partial charge in [-0.1, -0.05) is 60.7 Å². The molecule has 1 unspecified atom stereocenters. The number of H-pyrrole nitrogens is 1. The monoisotopic (exact) mass is 451 g/mol. The first-order valence-corrected chi connectivity index (χ1v) is 11.3. The lowest BCUT2D eigenvalue weighted by molar-refractivity contribution is -0.517. The van der Waals surface area contributed by atoms with Crippen molar-refractivity contribution in [2.75, 3.05) is 5.73 Å². The minimum absolute atomic E-state index is 0.108. The van der Waals surface area contributed by atoms with Gasteiger partial charge in [-0.3, -0.25) is 4.98 Å². The second-order valence-electron chi connectivity index (χ2n) is 8.69. The first-order chi connectivity index (χ1) is 16.4. The van der Waals surface area contributed by atoms with Crippen molar-refractivity contribution in [2.24, 2.45) is 0 Å². The van der Waals surface area contributed by atoms with Gasteiger partial charge in [-0.2, -0.15) is 4.68 Å². The van der Waals surface area contributed by atoms with Crippen LogP contribution in [-0.2, 0) is 6.42 Å². The second kappa shape index (κ2) is 8.59. The number of hydrogen-bond donors (Lipinski definition) is 2. The number of hydrogen-bond acceptors (Lipinski definition) is 4. The fourth-order valence-electron chi connectivity index (χ4n) is 4.53. The highest BCUT2D eigenvalue weighted by atomic mass is 16.2. The standard InChI is InChI=1S/C27H26N6O/c1-17-14-22(15-18(2)29-17)23-24(21-12-8-5-9-13-21)30-26(28)32-25(23)31-33(27(32)34)19(3)16-20-10-6-4-7-11-20/h4-15,19H,16H2,1-3H3,(H2,28,29,30,31)/p+1. The number of nitrogens with two attached hydrogens (primary N) is 1. The molecule has 5 rings (SSSR count). The lowest BCUT2D eigenvalue weighted by atomic mass is 9.99. The zero-order valence-electron chi connectivity index (χ0n) is 19.5. The third-order valence-electron chi connectivity index (χ3n) is 6.01. The van der Waals surface area contributed by atoms with Crippen LogP contribution < -0.4 is 15.8 Å². The average Bonchev–Trinajstić information content (AvgIpc) is 3.17. The van der Waals surface area contributed by atoms with Crippen LogP contribution >= 0.6 is 0 Å². The van der Waals surface area contributed by atoms with Crippen LogP contribution in [0.1, 0.15) is 29.9 Å². The van der Waals surface area contributed by atoms with Gasteiger partial charge in [0.05, 0.1) is 11.6 Å². The molecule has 0 saturated heterocycles. The SMILES string of the molecule is Cc1cc(-c2c(-c3ccccc3)nc(N)[n+]3c(=O)n(C(C)Cc4ccccc4)[nH]c23)cc(C)n1. The molecule has 0 fully saturated rings. The number of nitrogen functional groups attached to an aromatic ring is 1. The number of rotatable bonds is 5. The van der Waals surface area contributed by atoms with Crippen molar-refractivity contribution in [2.45, 2.75) is 33.2 Å². The Labute approximate surface area is 197 Å². The van der Waals surface area contributed by atoms with Gasteiger partial charge < -0.3 is 5.73 Å². The molecular weight excluding hydrogens is 424 g/mol. The van der Waals surface area contributed by atoms with Crippen molar-refractivity contribution in [3.05, 3.63) is 100 Å². The Balaban J connectivity index is 1.78. The van der Waals surface area contributed by atoms with Gasteiger partial charge in [-0.25, -0.2) is 9.89 Å². The van der Waals surface area contributed by atoms with E-state index in [0.717, 1.165) is 33.6 Å². The molecule has 2 aromatic carbocycles. The first-order valence-electron chi connectivity index (χ1n) is 11.3. The van der Waals surface area contributed by atoms with Gasteiger partial charge in [-0.15, -0.1) is 9.38 Å². The van der Waals surface area contributed by atoms with Gasteiger partial charge in [0, 0.05) is 23.4 Å². The van der Waals surface area contributed by atoms with E-state index >= 15 is 0 Å². The minimum atomic E-state index is -0.244. The third-order valence-corrected chi connectivity index (χ3v) is 6.01. The summed E-state index contributed by atoms with van der Waals surface area (Å²) in [6.07, 6.45) is 0.704. The summed E-state index contributed by atoms with van der Waals surface area (Å²) < 4.78 is 3.11. The summed E-state index contributed by atoms with van der Waals surface area (Å²) in [4.78, 5) is 22.7. The van der Waals surface area contributed by atoms with Crippen LogP contribution in [0.2, 0.25) is 0 Å². The van der Waals surface area contributed by atoms with E-state index in [2.05, 4.69) is 22.2 Å². The summed E-state index contributed by atoms with van der Waals surface area (Å²) in [5.74, 6) is 0.145. The Kier molecular flexibility index (Phi) is 5.45. The Hall–Kier alpha value is -4.26. The molecule has 0 radical (unpaired) electrons. The predicted molar refractivity (Wildman–Crippen MR) is 133 cm³/mol. The van der Waals surface area contributed by atoms with E-state index in [9.17, 15) is 4.79 Å². The summed E-state index contributed by atoms with van der Waals surface area (Å²) >= 11 is 0. The van der Waals surface area contributed by atoms with Crippen LogP contribution in [0, 0.1) is 13.8 Å². The van der Waals surface area contributed by atoms with Crippen LogP contribution in [0.3, 0.4) is 0 Å². The third kappa shape index (κ3) is 3.85. The molecular formula is C27H27N6O+. The molecule has 7 nitrogen and oxygen atoms in total. The summed E-state index contributed by atoms with van der Waals surface area (Å²) in [5, 5.41) is 3.37. The van der Waals surface area contributed by atoms with E-state index in [0.29, 0.717) is 17.8 Å². The fraction of sp³-hybridized carbons (Fsp3) is 0.185. The summed E-state index contributed by atoms with van der Waals surface area (Å²) in [6, 6.07) is 23.9. The molecule has 3 aromatic heterocycles. The minimum Gasteiger partial charge on any atom is -0.319 e. The Bertz CT molecular complexity index is 1520. The van der Waals surface area contributed by atoms with E-state index in [4.69, 9.17) is 10.7 Å². The van der Waals surface area contributed by atoms with E-state index in [1.54, 1.807) is 4.68 Å². The number of fused-ring (bicyclic) bond motifs is 1. The molecule has 34 heavy (non-hydrogen) atoms. The molecule has 0 aliphatic carbocycles. The van der Waals surface area contributed by atoms with Gasteiger partial charge in [0.1, 0.15) is 5.69 Å². The number of aromatic amines is 1. The summed E-state index contributed by atoms with van der Waals surface area (Å²) in [5.41, 5.74) is 13.1. The fourth-order valence-corrected chi connectivity index (χ4v) is 4.53. The molecule has 7 heteroatoms. The first kappa shape index (κ1) is 21.6. The molecule has 3 heterocycles. The van der Waals surface area contributed by atoms with Crippen LogP contribution in [0.5, 0.6) is 0 Å². The molecule has 0 bridgehead atoms. The number of nitrogens with zero attached hydrogens (tertiary/aromatic N) is 4. The highest BCUT2D eigenvalue weighted by Crippen LogP contribution is 2.33. The maximum absolute atomic E-state index is 13.5. The number of aromatic nitrogens is 5. The summed E-state index contributed by atoms with van der Waals surface area (Å²) in [6.45, 7) is 5.94. The van der Waals surface area contributed by atoms with Crippen LogP contribution in [-0.4, -0.2) is 19.7 Å². The zero-order valence-corrected chi connectivity index (χ0v) is 19.5. The van der Waals surface area contributed by atoms with Crippen molar-refractivity contribution in [3.63, 3.8) is 0 Å². The topological polar surface area (TPSA) is 93.7 Å². The zero-order chi connectivity index (χ0) is 23.8. The number of aryl methyl sites for hydroxylation is 2. The van der Waals surface area contributed by atoms with E-state index in [1.165, 1.54) is 4.40 Å². The molecule has 0 aliphatic heterocycles. The molecule has 0 spiro atoms. The van der Waals surface area contributed by atoms with Crippen molar-refractivity contribution < 1.29 is 4.40 Å². The molecule has 3 N–H and O–H groups in total. The Morgan fingerprint density at radius 3 is 2.21 bits per heavy atom. The van der Waals surface area contributed by atoms with Crippen molar-refractivity contribution in [1.82, 2.24) is 19.7 Å². The van der Waals surface area contributed by atoms with Gasteiger partial charge in [0.15, 0.2) is 0 Å². The van der Waals surface area contributed by atoms with E-state index in [-0.39, 0.29) is 17.7 Å². The smallest absolute Gasteiger partial charge is 0.319 e. The van der Waals surface area contributed by atoms with Crippen LogP contribution in [0.4, 0.5) is 5.95 Å². The van der Waals surface area contributed by atoms with Crippen LogP contribution in [0.25, 0.3) is 28.0 Å². The highest BCUT2D eigenvalue weighted by Gasteiger charge is 2.27. The molecule has 170 valence electrons. The largest absolute Gasteiger partial charge is 0.428 e. The van der Waals surface area contributed by atoms with Gasteiger partial charge in [-0.05, 0) is 44.0 Å². The maximum atomic E-state index is 13.5. The molecule has 5 aromatic rings. The Morgan fingerprint density at radius 1 is 0.941 bits per heavy atom. The van der Waals surface area contributed by atoms with Gasteiger partial charge >= 0.3 is 11.6 Å². The lowest BCUT2D eigenvalue weighted by Gasteiger charge is -2.10. The number of benzene rings is 2. The Morgan fingerprint density at radius 2 is 1.56 bits per heavy atom. The van der Waals surface area contributed by atoms with E-state index < -0.39 is 0 Å². The quantitative estimate of drug-likeness (QED) is 0.394. The van der Waals surface area contributed by atoms with E-state index in [1.807, 2.05) is 81.4 Å².